The van der Waals surface area contributed by atoms with E-state index in [1.807, 2.05) is 4.72 Å². The fourth-order valence-corrected chi connectivity index (χ4v) is 2.66. The van der Waals surface area contributed by atoms with E-state index in [1.165, 1.54) is 6.20 Å². The Labute approximate surface area is 120 Å². The molecule has 0 aliphatic carbocycles. The SMILES string of the molecule is O=S(=O)(Nc1cnc(Br)cn1)c1c(F)cc(F)cc1F. The summed E-state index contributed by atoms with van der Waals surface area (Å²) in [7, 11) is -4.59. The molecule has 0 fully saturated rings. The second-order valence-corrected chi connectivity index (χ2v) is 5.96. The number of benzene rings is 1. The number of rotatable bonds is 3. The number of halogens is 4. The monoisotopic (exact) mass is 367 g/mol. The third-order valence-corrected chi connectivity index (χ3v) is 3.91. The summed E-state index contributed by atoms with van der Waals surface area (Å²) in [4.78, 5) is 6.05. The van der Waals surface area contributed by atoms with Gasteiger partial charge in [0.15, 0.2) is 10.7 Å². The van der Waals surface area contributed by atoms with Gasteiger partial charge in [-0.05, 0) is 15.9 Å². The summed E-state index contributed by atoms with van der Waals surface area (Å²) in [5.74, 6) is -4.54. The maximum atomic E-state index is 13.4. The first-order valence-corrected chi connectivity index (χ1v) is 7.22. The Balaban J connectivity index is 2.43. The van der Waals surface area contributed by atoms with Crippen LogP contribution in [0.2, 0.25) is 0 Å². The standard InChI is InChI=1S/C10H5BrF3N3O2S/c11-8-3-16-9(4-15-8)17-20(18,19)10-6(13)1-5(12)2-7(10)14/h1-4H,(H,16,17). The molecule has 20 heavy (non-hydrogen) atoms. The van der Waals surface area contributed by atoms with Gasteiger partial charge in [-0.25, -0.2) is 31.6 Å². The van der Waals surface area contributed by atoms with E-state index in [2.05, 4.69) is 25.9 Å². The van der Waals surface area contributed by atoms with Crippen LogP contribution in [-0.4, -0.2) is 18.4 Å². The average molecular weight is 368 g/mol. The van der Waals surface area contributed by atoms with E-state index < -0.39 is 32.4 Å². The molecule has 0 aliphatic heterocycles. The molecule has 1 aromatic heterocycles. The summed E-state index contributed by atoms with van der Waals surface area (Å²) < 4.78 is 65.5. The quantitative estimate of drug-likeness (QED) is 0.904. The molecule has 0 bridgehead atoms. The number of nitrogens with one attached hydrogen (secondary N) is 1. The molecule has 106 valence electrons. The lowest BCUT2D eigenvalue weighted by Crippen LogP contribution is -2.17. The second kappa shape index (κ2) is 5.37. The fraction of sp³-hybridized carbons (Fsp3) is 0. The van der Waals surface area contributed by atoms with Gasteiger partial charge in [-0.1, -0.05) is 0 Å². The minimum Gasteiger partial charge on any atom is -0.262 e. The Morgan fingerprint density at radius 2 is 1.65 bits per heavy atom. The second-order valence-electron chi connectivity index (χ2n) is 3.53. The van der Waals surface area contributed by atoms with Crippen molar-refractivity contribution in [3.8, 4) is 0 Å². The molecule has 0 unspecified atom stereocenters. The topological polar surface area (TPSA) is 72.0 Å². The highest BCUT2D eigenvalue weighted by Crippen LogP contribution is 2.22. The maximum Gasteiger partial charge on any atom is 0.268 e. The van der Waals surface area contributed by atoms with Gasteiger partial charge < -0.3 is 0 Å². The van der Waals surface area contributed by atoms with Crippen LogP contribution in [0.15, 0.2) is 34.0 Å². The third kappa shape index (κ3) is 3.07. The maximum absolute atomic E-state index is 13.4. The van der Waals surface area contributed by atoms with Crippen LogP contribution in [0.25, 0.3) is 0 Å². The van der Waals surface area contributed by atoms with Crippen LogP contribution in [0.4, 0.5) is 19.0 Å². The molecular formula is C10H5BrF3N3O2S. The molecule has 2 aromatic rings. The van der Waals surface area contributed by atoms with Gasteiger partial charge in [0.05, 0.1) is 12.4 Å². The number of aromatic nitrogens is 2. The van der Waals surface area contributed by atoms with Gasteiger partial charge in [0.1, 0.15) is 22.1 Å². The normalized spacial score (nSPS) is 11.4. The lowest BCUT2D eigenvalue weighted by Gasteiger charge is -2.08. The minimum atomic E-state index is -4.59. The van der Waals surface area contributed by atoms with Crippen LogP contribution in [0.3, 0.4) is 0 Å². The summed E-state index contributed by atoms with van der Waals surface area (Å²) in [6.07, 6.45) is 2.23. The number of anilines is 1. The van der Waals surface area contributed by atoms with Gasteiger partial charge in [-0.15, -0.1) is 0 Å². The molecule has 1 aromatic carbocycles. The first-order valence-electron chi connectivity index (χ1n) is 4.94. The van der Waals surface area contributed by atoms with Gasteiger partial charge >= 0.3 is 0 Å². The van der Waals surface area contributed by atoms with E-state index in [4.69, 9.17) is 0 Å². The number of nitrogens with zero attached hydrogens (tertiary/aromatic N) is 2. The van der Waals surface area contributed by atoms with Crippen molar-refractivity contribution in [2.45, 2.75) is 4.90 Å². The van der Waals surface area contributed by atoms with Crippen molar-refractivity contribution in [1.82, 2.24) is 9.97 Å². The van der Waals surface area contributed by atoms with Gasteiger partial charge in [-0.2, -0.15) is 0 Å². The number of sulfonamides is 1. The summed E-state index contributed by atoms with van der Waals surface area (Å²) in [5.41, 5.74) is 0. The van der Waals surface area contributed by atoms with E-state index in [0.29, 0.717) is 4.60 Å². The van der Waals surface area contributed by atoms with Crippen molar-refractivity contribution in [2.75, 3.05) is 4.72 Å². The molecule has 10 heteroatoms. The first kappa shape index (κ1) is 14.7. The van der Waals surface area contributed by atoms with Crippen LogP contribution in [0.5, 0.6) is 0 Å². The molecule has 0 aliphatic rings. The predicted molar refractivity (Wildman–Crippen MR) is 66.9 cm³/mol. The van der Waals surface area contributed by atoms with Crippen LogP contribution in [0, 0.1) is 17.5 Å². The molecule has 0 spiro atoms. The Hall–Kier alpha value is -1.68. The van der Waals surface area contributed by atoms with E-state index in [0.717, 1.165) is 6.20 Å². The molecule has 0 saturated carbocycles. The predicted octanol–water partition coefficient (Wildman–Crippen LogP) is 2.46. The Morgan fingerprint density at radius 1 is 1.05 bits per heavy atom. The van der Waals surface area contributed by atoms with Gasteiger partial charge in [-0.3, -0.25) is 4.72 Å². The summed E-state index contributed by atoms with van der Waals surface area (Å²) >= 11 is 2.99. The number of hydrogen-bond acceptors (Lipinski definition) is 4. The van der Waals surface area contributed by atoms with Crippen molar-refractivity contribution in [2.24, 2.45) is 0 Å². The van der Waals surface area contributed by atoms with E-state index in [-0.39, 0.29) is 18.0 Å². The zero-order chi connectivity index (χ0) is 14.9. The largest absolute Gasteiger partial charge is 0.268 e. The van der Waals surface area contributed by atoms with E-state index >= 15 is 0 Å². The fourth-order valence-electron chi connectivity index (χ4n) is 1.34. The first-order chi connectivity index (χ1) is 9.29. The molecule has 0 amide bonds. The molecule has 0 atom stereocenters. The lowest BCUT2D eigenvalue weighted by atomic mass is 10.3. The van der Waals surface area contributed by atoms with Crippen LogP contribution in [0.1, 0.15) is 0 Å². The van der Waals surface area contributed by atoms with Crippen LogP contribution in [-0.2, 0) is 10.0 Å². The minimum absolute atomic E-state index is 0.240. The van der Waals surface area contributed by atoms with E-state index in [9.17, 15) is 21.6 Å². The zero-order valence-corrected chi connectivity index (χ0v) is 11.8. The summed E-state index contributed by atoms with van der Waals surface area (Å²) in [6, 6.07) is 0.538. The van der Waals surface area contributed by atoms with Gasteiger partial charge in [0.25, 0.3) is 10.0 Å². The highest BCUT2D eigenvalue weighted by molar-refractivity contribution is 9.10. The van der Waals surface area contributed by atoms with Crippen LogP contribution < -0.4 is 4.72 Å². The summed E-state index contributed by atoms with van der Waals surface area (Å²) in [5, 5.41) is 0. The molecule has 2 rings (SSSR count). The molecule has 1 N–H and O–H groups in total. The molecule has 5 nitrogen and oxygen atoms in total. The van der Waals surface area contributed by atoms with Crippen molar-refractivity contribution < 1.29 is 21.6 Å². The van der Waals surface area contributed by atoms with Gasteiger partial charge in [0.2, 0.25) is 0 Å². The summed E-state index contributed by atoms with van der Waals surface area (Å²) in [6.45, 7) is 0. The van der Waals surface area contributed by atoms with Crippen molar-refractivity contribution in [3.05, 3.63) is 46.6 Å². The van der Waals surface area contributed by atoms with Crippen LogP contribution >= 0.6 is 15.9 Å². The zero-order valence-electron chi connectivity index (χ0n) is 9.44. The average Bonchev–Trinajstić information content (AvgIpc) is 2.30. The van der Waals surface area contributed by atoms with Crippen molar-refractivity contribution in [1.29, 1.82) is 0 Å². The Bertz CT molecular complexity index is 730. The van der Waals surface area contributed by atoms with Gasteiger partial charge in [0, 0.05) is 12.1 Å². The highest BCUT2D eigenvalue weighted by atomic mass is 79.9. The molecular weight excluding hydrogens is 363 g/mol. The third-order valence-electron chi connectivity index (χ3n) is 2.09. The number of hydrogen-bond donors (Lipinski definition) is 1. The van der Waals surface area contributed by atoms with Crippen molar-refractivity contribution in [3.63, 3.8) is 0 Å². The molecule has 0 saturated heterocycles. The Kier molecular flexibility index (Phi) is 3.95. The van der Waals surface area contributed by atoms with Crippen molar-refractivity contribution >= 4 is 31.8 Å². The smallest absolute Gasteiger partial charge is 0.262 e. The van der Waals surface area contributed by atoms with E-state index in [1.54, 1.807) is 0 Å². The molecule has 0 radical (unpaired) electrons. The Morgan fingerprint density at radius 3 is 2.15 bits per heavy atom. The highest BCUT2D eigenvalue weighted by Gasteiger charge is 2.25. The molecule has 1 heterocycles. The lowest BCUT2D eigenvalue weighted by molar-refractivity contribution is 0.498.